The molecule has 21 heavy (non-hydrogen) atoms. The lowest BCUT2D eigenvalue weighted by molar-refractivity contribution is 0.00578. The molecular formula is C15H22BNO3S. The molecule has 1 aromatic heterocycles. The minimum absolute atomic E-state index is 0.128. The van der Waals surface area contributed by atoms with Gasteiger partial charge in [0.2, 0.25) is 0 Å². The fourth-order valence-corrected chi connectivity index (χ4v) is 2.35. The van der Waals surface area contributed by atoms with Gasteiger partial charge in [-0.1, -0.05) is 6.08 Å². The summed E-state index contributed by atoms with van der Waals surface area (Å²) in [5, 5.41) is 0. The van der Waals surface area contributed by atoms with E-state index in [9.17, 15) is 4.79 Å². The van der Waals surface area contributed by atoms with Crippen molar-refractivity contribution in [3.8, 4) is 0 Å². The Hall–Kier alpha value is -0.975. The quantitative estimate of drug-likeness (QED) is 0.667. The van der Waals surface area contributed by atoms with Crippen LogP contribution in [0.25, 0.3) is 6.08 Å². The van der Waals surface area contributed by atoms with Gasteiger partial charge in [-0.05, 0) is 51.7 Å². The second-order valence-electron chi connectivity index (χ2n) is 6.43. The highest BCUT2D eigenvalue weighted by Crippen LogP contribution is 2.38. The molecule has 0 atom stereocenters. The molecule has 0 bridgehead atoms. The van der Waals surface area contributed by atoms with Crippen LogP contribution in [0.4, 0.5) is 0 Å². The summed E-state index contributed by atoms with van der Waals surface area (Å²) in [6.07, 6.45) is 3.50. The molecule has 114 valence electrons. The molecule has 0 radical (unpaired) electrons. The van der Waals surface area contributed by atoms with Crippen LogP contribution in [0.1, 0.15) is 38.8 Å². The summed E-state index contributed by atoms with van der Waals surface area (Å²) in [5.74, 6) is 0.463. The summed E-state index contributed by atoms with van der Waals surface area (Å²) < 4.78 is 12.0. The van der Waals surface area contributed by atoms with Crippen LogP contribution in [0.5, 0.6) is 0 Å². The number of nitrogens with one attached hydrogen (secondary N) is 1. The Kier molecular flexibility index (Phi) is 4.43. The number of H-pyrrole nitrogens is 1. The van der Waals surface area contributed by atoms with Crippen molar-refractivity contribution in [2.45, 2.75) is 45.8 Å². The lowest BCUT2D eigenvalue weighted by Gasteiger charge is -2.32. The van der Waals surface area contributed by atoms with Gasteiger partial charge in [-0.2, -0.15) is 12.6 Å². The molecule has 0 saturated carbocycles. The van der Waals surface area contributed by atoms with E-state index in [2.05, 4.69) is 17.6 Å². The van der Waals surface area contributed by atoms with Crippen LogP contribution in [0, 0.1) is 6.92 Å². The lowest BCUT2D eigenvalue weighted by atomic mass is 9.78. The zero-order valence-corrected chi connectivity index (χ0v) is 14.1. The first-order valence-electron chi connectivity index (χ1n) is 7.02. The second-order valence-corrected chi connectivity index (χ2v) is 6.74. The van der Waals surface area contributed by atoms with E-state index < -0.39 is 18.3 Å². The minimum atomic E-state index is -0.479. The molecule has 1 aliphatic rings. The molecule has 0 aliphatic carbocycles. The van der Waals surface area contributed by atoms with Gasteiger partial charge >= 0.3 is 7.12 Å². The predicted octanol–water partition coefficient (Wildman–Crippen LogP) is 2.63. The van der Waals surface area contributed by atoms with Crippen molar-refractivity contribution in [2.75, 3.05) is 5.75 Å². The first-order chi connectivity index (χ1) is 9.66. The Morgan fingerprint density at radius 2 is 1.90 bits per heavy atom. The van der Waals surface area contributed by atoms with Crippen LogP contribution < -0.4 is 5.56 Å². The fraction of sp³-hybridized carbons (Fsp3) is 0.533. The van der Waals surface area contributed by atoms with Crippen LogP contribution in [0.3, 0.4) is 0 Å². The molecule has 1 N–H and O–H groups in total. The highest BCUT2D eigenvalue weighted by Gasteiger charge is 2.52. The van der Waals surface area contributed by atoms with Crippen LogP contribution >= 0.6 is 12.6 Å². The smallest absolute Gasteiger partial charge is 0.400 e. The van der Waals surface area contributed by atoms with E-state index >= 15 is 0 Å². The van der Waals surface area contributed by atoms with E-state index in [4.69, 9.17) is 9.31 Å². The first kappa shape index (κ1) is 16.4. The Morgan fingerprint density at radius 3 is 2.43 bits per heavy atom. The van der Waals surface area contributed by atoms with Crippen molar-refractivity contribution in [1.29, 1.82) is 0 Å². The van der Waals surface area contributed by atoms with Gasteiger partial charge in [-0.3, -0.25) is 4.79 Å². The van der Waals surface area contributed by atoms with Gasteiger partial charge in [0.1, 0.15) is 0 Å². The zero-order valence-electron chi connectivity index (χ0n) is 13.2. The number of hydrogen-bond donors (Lipinski definition) is 2. The summed E-state index contributed by atoms with van der Waals surface area (Å²) in [4.78, 5) is 14.6. The fourth-order valence-electron chi connectivity index (χ4n) is 2.10. The number of pyridine rings is 1. The minimum Gasteiger partial charge on any atom is -0.400 e. The molecule has 1 aliphatic heterocycles. The summed E-state index contributed by atoms with van der Waals surface area (Å²) in [6, 6.07) is 1.84. The monoisotopic (exact) mass is 307 g/mol. The number of thiol groups is 1. The summed E-state index contributed by atoms with van der Waals surface area (Å²) in [5.41, 5.74) is 1.49. The van der Waals surface area contributed by atoms with Gasteiger partial charge in [0, 0.05) is 17.5 Å². The average molecular weight is 307 g/mol. The van der Waals surface area contributed by atoms with E-state index in [0.717, 1.165) is 11.0 Å². The standard InChI is InChI=1S/C15H22BNO3S/c1-10-6-11(13(18)17-8-10)7-12(9-21)16-19-14(2,3)15(4,5)20-16/h6-8,21H,9H2,1-5H3,(H,17,18). The molecule has 1 saturated heterocycles. The predicted molar refractivity (Wildman–Crippen MR) is 89.7 cm³/mol. The van der Waals surface area contributed by atoms with Crippen molar-refractivity contribution >= 4 is 25.8 Å². The Morgan fingerprint density at radius 1 is 1.33 bits per heavy atom. The summed E-state index contributed by atoms with van der Waals surface area (Å²) >= 11 is 4.35. The second kappa shape index (κ2) is 5.67. The topological polar surface area (TPSA) is 51.3 Å². The molecule has 6 heteroatoms. The third-order valence-corrected chi connectivity index (χ3v) is 4.52. The van der Waals surface area contributed by atoms with Crippen molar-refractivity contribution in [1.82, 2.24) is 4.98 Å². The van der Waals surface area contributed by atoms with Crippen molar-refractivity contribution in [3.63, 3.8) is 0 Å². The number of aromatic nitrogens is 1. The van der Waals surface area contributed by atoms with Crippen LogP contribution in [-0.4, -0.2) is 29.1 Å². The highest BCUT2D eigenvalue weighted by molar-refractivity contribution is 7.80. The van der Waals surface area contributed by atoms with Crippen LogP contribution in [0.15, 0.2) is 22.5 Å². The maximum absolute atomic E-state index is 11.9. The van der Waals surface area contributed by atoms with Crippen LogP contribution in [-0.2, 0) is 9.31 Å². The Balaban J connectivity index is 2.35. The largest absolute Gasteiger partial charge is 0.491 e. The Bertz CT molecular complexity index is 606. The van der Waals surface area contributed by atoms with E-state index in [1.165, 1.54) is 0 Å². The third kappa shape index (κ3) is 3.28. The summed E-state index contributed by atoms with van der Waals surface area (Å²) in [7, 11) is -0.479. The molecule has 0 aromatic carbocycles. The van der Waals surface area contributed by atoms with Gasteiger partial charge in [-0.25, -0.2) is 0 Å². The molecule has 2 heterocycles. The first-order valence-corrected chi connectivity index (χ1v) is 7.66. The molecule has 4 nitrogen and oxygen atoms in total. The third-order valence-electron chi connectivity index (χ3n) is 4.16. The maximum atomic E-state index is 11.9. The molecule has 1 fully saturated rings. The number of aryl methyl sites for hydroxylation is 1. The molecule has 0 amide bonds. The zero-order chi connectivity index (χ0) is 15.8. The van der Waals surface area contributed by atoms with Gasteiger partial charge in [-0.15, -0.1) is 0 Å². The molecule has 0 spiro atoms. The highest BCUT2D eigenvalue weighted by atomic mass is 32.1. The number of rotatable bonds is 3. The number of aromatic amines is 1. The van der Waals surface area contributed by atoms with Gasteiger partial charge < -0.3 is 14.3 Å². The SMILES string of the molecule is Cc1c[nH]c(=O)c(C=C(CS)B2OC(C)(C)C(C)(C)O2)c1. The maximum Gasteiger partial charge on any atom is 0.491 e. The normalized spacial score (nSPS) is 20.9. The van der Waals surface area contributed by atoms with Crippen molar-refractivity contribution in [2.24, 2.45) is 0 Å². The van der Waals surface area contributed by atoms with E-state index in [0.29, 0.717) is 11.3 Å². The van der Waals surface area contributed by atoms with Crippen molar-refractivity contribution in [3.05, 3.63) is 39.2 Å². The molecule has 1 aromatic rings. The number of hydrogen-bond acceptors (Lipinski definition) is 4. The van der Waals surface area contributed by atoms with Gasteiger partial charge in [0.25, 0.3) is 5.56 Å². The average Bonchev–Trinajstić information content (AvgIpc) is 2.59. The van der Waals surface area contributed by atoms with Gasteiger partial charge in [0.05, 0.1) is 11.2 Å². The molecule has 2 rings (SSSR count). The van der Waals surface area contributed by atoms with E-state index in [1.807, 2.05) is 40.7 Å². The molecular weight excluding hydrogens is 285 g/mol. The Labute approximate surface area is 131 Å². The lowest BCUT2D eigenvalue weighted by Crippen LogP contribution is -2.41. The van der Waals surface area contributed by atoms with Gasteiger partial charge in [0.15, 0.2) is 0 Å². The van der Waals surface area contributed by atoms with Crippen molar-refractivity contribution < 1.29 is 9.31 Å². The molecule has 0 unspecified atom stereocenters. The van der Waals surface area contributed by atoms with E-state index in [-0.39, 0.29) is 5.56 Å². The van der Waals surface area contributed by atoms with E-state index in [1.54, 1.807) is 12.3 Å². The summed E-state index contributed by atoms with van der Waals surface area (Å²) in [6.45, 7) is 9.94. The van der Waals surface area contributed by atoms with Crippen LogP contribution in [0.2, 0.25) is 0 Å².